The van der Waals surface area contributed by atoms with Crippen LogP contribution in [0.2, 0.25) is 0 Å². The molecular formula is C19H31N5O2. The Morgan fingerprint density at radius 2 is 1.88 bits per heavy atom. The molecule has 0 N–H and O–H groups in total. The van der Waals surface area contributed by atoms with Crippen molar-refractivity contribution in [1.29, 1.82) is 0 Å². The van der Waals surface area contributed by atoms with Gasteiger partial charge in [0.15, 0.2) is 0 Å². The van der Waals surface area contributed by atoms with Gasteiger partial charge in [-0.2, -0.15) is 5.10 Å². The first kappa shape index (κ1) is 17.9. The standard InChI is InChI=1S/C19H31N5O2/c1-16-13-17(21(2)20-16)14-23-5-3-19(15-23)4-6-24(18(19)25)8-7-22-9-11-26-12-10-22/h13H,3-12,14-15H2,1-2H3. The van der Waals surface area contributed by atoms with Gasteiger partial charge in [-0.05, 0) is 32.4 Å². The zero-order chi connectivity index (χ0) is 18.1. The highest BCUT2D eigenvalue weighted by Crippen LogP contribution is 2.41. The highest BCUT2D eigenvalue weighted by Gasteiger charge is 2.50. The van der Waals surface area contributed by atoms with Crippen LogP contribution in [0.3, 0.4) is 0 Å². The van der Waals surface area contributed by atoms with Gasteiger partial charge >= 0.3 is 0 Å². The maximum absolute atomic E-state index is 13.1. The van der Waals surface area contributed by atoms with Crippen molar-refractivity contribution in [2.24, 2.45) is 12.5 Å². The molecular weight excluding hydrogens is 330 g/mol. The van der Waals surface area contributed by atoms with Gasteiger partial charge in [0.25, 0.3) is 0 Å². The van der Waals surface area contributed by atoms with Gasteiger partial charge < -0.3 is 9.64 Å². The molecule has 0 aromatic carbocycles. The summed E-state index contributed by atoms with van der Waals surface area (Å²) in [6.07, 6.45) is 2.01. The van der Waals surface area contributed by atoms with E-state index < -0.39 is 0 Å². The SMILES string of the molecule is Cc1cc(CN2CCC3(CCN(CCN4CCOCC4)C3=O)C2)n(C)n1. The smallest absolute Gasteiger partial charge is 0.230 e. The van der Waals surface area contributed by atoms with Crippen molar-refractivity contribution in [3.8, 4) is 0 Å². The zero-order valence-electron chi connectivity index (χ0n) is 16.1. The number of rotatable bonds is 5. The number of amides is 1. The monoisotopic (exact) mass is 361 g/mol. The zero-order valence-corrected chi connectivity index (χ0v) is 16.1. The Morgan fingerprint density at radius 1 is 1.12 bits per heavy atom. The highest BCUT2D eigenvalue weighted by atomic mass is 16.5. The minimum absolute atomic E-state index is 0.140. The fourth-order valence-corrected chi connectivity index (χ4v) is 4.71. The Hall–Kier alpha value is -1.44. The first-order valence-electron chi connectivity index (χ1n) is 9.87. The molecule has 7 nitrogen and oxygen atoms in total. The summed E-state index contributed by atoms with van der Waals surface area (Å²) >= 11 is 0. The number of aromatic nitrogens is 2. The second kappa shape index (κ2) is 7.29. The summed E-state index contributed by atoms with van der Waals surface area (Å²) in [5.41, 5.74) is 2.15. The molecule has 1 unspecified atom stereocenters. The topological polar surface area (TPSA) is 53.8 Å². The lowest BCUT2D eigenvalue weighted by Crippen LogP contribution is -2.43. The molecule has 1 aromatic heterocycles. The predicted octanol–water partition coefficient (Wildman–Crippen LogP) is 0.485. The van der Waals surface area contributed by atoms with Crippen molar-refractivity contribution in [1.82, 2.24) is 24.5 Å². The van der Waals surface area contributed by atoms with Crippen LogP contribution in [0.15, 0.2) is 6.07 Å². The quantitative estimate of drug-likeness (QED) is 0.764. The number of carbonyl (C=O) groups is 1. The highest BCUT2D eigenvalue weighted by molar-refractivity contribution is 5.85. The van der Waals surface area contributed by atoms with Crippen LogP contribution in [0.4, 0.5) is 0 Å². The van der Waals surface area contributed by atoms with E-state index in [1.54, 1.807) is 0 Å². The van der Waals surface area contributed by atoms with Crippen LogP contribution in [0.1, 0.15) is 24.2 Å². The molecule has 3 fully saturated rings. The molecule has 144 valence electrons. The van der Waals surface area contributed by atoms with Crippen LogP contribution in [-0.4, -0.2) is 89.4 Å². The fourth-order valence-electron chi connectivity index (χ4n) is 4.71. The third-order valence-electron chi connectivity index (χ3n) is 6.31. The molecule has 1 amide bonds. The average Bonchev–Trinajstić information content (AvgIpc) is 3.28. The van der Waals surface area contributed by atoms with E-state index in [0.717, 1.165) is 84.1 Å². The summed E-state index contributed by atoms with van der Waals surface area (Å²) in [4.78, 5) is 20.1. The molecule has 4 heterocycles. The van der Waals surface area contributed by atoms with Crippen molar-refractivity contribution in [3.05, 3.63) is 17.5 Å². The summed E-state index contributed by atoms with van der Waals surface area (Å²) in [6, 6.07) is 2.15. The average molecular weight is 361 g/mol. The van der Waals surface area contributed by atoms with Gasteiger partial charge in [0.1, 0.15) is 0 Å². The van der Waals surface area contributed by atoms with Crippen LogP contribution in [0.25, 0.3) is 0 Å². The summed E-state index contributed by atoms with van der Waals surface area (Å²) in [6.45, 7) is 11.2. The minimum atomic E-state index is -0.140. The Bertz CT molecular complexity index is 654. The van der Waals surface area contributed by atoms with Crippen LogP contribution in [0, 0.1) is 12.3 Å². The molecule has 1 atom stereocenters. The molecule has 26 heavy (non-hydrogen) atoms. The summed E-state index contributed by atoms with van der Waals surface area (Å²) in [5, 5.41) is 4.44. The predicted molar refractivity (Wildman–Crippen MR) is 98.7 cm³/mol. The van der Waals surface area contributed by atoms with E-state index in [9.17, 15) is 4.79 Å². The largest absolute Gasteiger partial charge is 0.379 e. The fraction of sp³-hybridized carbons (Fsp3) is 0.789. The van der Waals surface area contributed by atoms with E-state index in [1.807, 2.05) is 18.7 Å². The van der Waals surface area contributed by atoms with Crippen molar-refractivity contribution in [3.63, 3.8) is 0 Å². The molecule has 7 heteroatoms. The van der Waals surface area contributed by atoms with Gasteiger partial charge in [0, 0.05) is 52.9 Å². The maximum atomic E-state index is 13.1. The van der Waals surface area contributed by atoms with Crippen LogP contribution in [0.5, 0.6) is 0 Å². The Balaban J connectivity index is 1.31. The lowest BCUT2D eigenvalue weighted by Gasteiger charge is -2.29. The van der Waals surface area contributed by atoms with E-state index in [-0.39, 0.29) is 5.41 Å². The van der Waals surface area contributed by atoms with Gasteiger partial charge in [-0.3, -0.25) is 19.3 Å². The van der Waals surface area contributed by atoms with Gasteiger partial charge in [0.2, 0.25) is 5.91 Å². The van der Waals surface area contributed by atoms with Gasteiger partial charge in [-0.1, -0.05) is 0 Å². The molecule has 0 radical (unpaired) electrons. The van der Waals surface area contributed by atoms with E-state index in [4.69, 9.17) is 4.74 Å². The van der Waals surface area contributed by atoms with E-state index in [0.29, 0.717) is 5.91 Å². The van der Waals surface area contributed by atoms with Gasteiger partial charge in [0.05, 0.1) is 30.0 Å². The minimum Gasteiger partial charge on any atom is -0.379 e. The number of hydrogen-bond donors (Lipinski definition) is 0. The molecule has 3 aliphatic heterocycles. The van der Waals surface area contributed by atoms with Gasteiger partial charge in [-0.25, -0.2) is 0 Å². The van der Waals surface area contributed by atoms with Crippen LogP contribution in [-0.2, 0) is 23.1 Å². The van der Waals surface area contributed by atoms with Crippen molar-refractivity contribution >= 4 is 5.91 Å². The number of hydrogen-bond acceptors (Lipinski definition) is 5. The third-order valence-corrected chi connectivity index (χ3v) is 6.31. The lowest BCUT2D eigenvalue weighted by atomic mass is 9.85. The second-order valence-corrected chi connectivity index (χ2v) is 8.14. The van der Waals surface area contributed by atoms with E-state index in [1.165, 1.54) is 5.69 Å². The maximum Gasteiger partial charge on any atom is 0.230 e. The molecule has 0 saturated carbocycles. The Labute approximate surface area is 155 Å². The number of likely N-dealkylation sites (tertiary alicyclic amines) is 2. The second-order valence-electron chi connectivity index (χ2n) is 8.14. The third kappa shape index (κ3) is 3.52. The first-order chi connectivity index (χ1) is 12.6. The van der Waals surface area contributed by atoms with E-state index >= 15 is 0 Å². The molecule has 1 aromatic rings. The summed E-state index contributed by atoms with van der Waals surface area (Å²) < 4.78 is 7.37. The summed E-state index contributed by atoms with van der Waals surface area (Å²) in [7, 11) is 2.00. The normalized spacial score (nSPS) is 27.9. The first-order valence-corrected chi connectivity index (χ1v) is 9.87. The Morgan fingerprint density at radius 3 is 2.62 bits per heavy atom. The molecule has 0 bridgehead atoms. The lowest BCUT2D eigenvalue weighted by molar-refractivity contribution is -0.135. The van der Waals surface area contributed by atoms with Gasteiger partial charge in [-0.15, -0.1) is 0 Å². The van der Waals surface area contributed by atoms with E-state index in [2.05, 4.69) is 25.9 Å². The Kier molecular flexibility index (Phi) is 5.03. The molecule has 3 aliphatic rings. The van der Waals surface area contributed by atoms with Crippen molar-refractivity contribution in [2.75, 3.05) is 59.0 Å². The van der Waals surface area contributed by atoms with Crippen LogP contribution >= 0.6 is 0 Å². The molecule has 3 saturated heterocycles. The molecule has 4 rings (SSSR count). The molecule has 0 aliphatic carbocycles. The van der Waals surface area contributed by atoms with Crippen LogP contribution < -0.4 is 0 Å². The number of nitrogens with zero attached hydrogens (tertiary/aromatic N) is 5. The summed E-state index contributed by atoms with van der Waals surface area (Å²) in [5.74, 6) is 0.384. The number of ether oxygens (including phenoxy) is 1. The van der Waals surface area contributed by atoms with Crippen molar-refractivity contribution < 1.29 is 9.53 Å². The van der Waals surface area contributed by atoms with Crippen molar-refractivity contribution in [2.45, 2.75) is 26.3 Å². The number of morpholine rings is 1. The number of carbonyl (C=O) groups excluding carboxylic acids is 1. The molecule has 1 spiro atoms. The number of aryl methyl sites for hydroxylation is 2.